The highest BCUT2D eigenvalue weighted by atomic mass is 16.2. The summed E-state index contributed by atoms with van der Waals surface area (Å²) in [5.74, 6) is 0.150. The molecule has 4 nitrogen and oxygen atoms in total. The van der Waals surface area contributed by atoms with Gasteiger partial charge in [-0.1, -0.05) is 0 Å². The van der Waals surface area contributed by atoms with Gasteiger partial charge in [0.25, 0.3) is 0 Å². The number of piperidine rings is 1. The Balaban J connectivity index is 2.50. The van der Waals surface area contributed by atoms with Crippen LogP contribution in [0.3, 0.4) is 0 Å². The van der Waals surface area contributed by atoms with Crippen LogP contribution in [-0.4, -0.2) is 36.0 Å². The van der Waals surface area contributed by atoms with E-state index in [2.05, 4.69) is 16.3 Å². The molecule has 90 valence electrons. The molecule has 1 aliphatic heterocycles. The first-order valence-electron chi connectivity index (χ1n) is 5.98. The van der Waals surface area contributed by atoms with Crippen LogP contribution < -0.4 is 5.32 Å². The van der Waals surface area contributed by atoms with Crippen LogP contribution in [0.2, 0.25) is 0 Å². The van der Waals surface area contributed by atoms with Gasteiger partial charge in [-0.15, -0.1) is 0 Å². The molecule has 1 saturated heterocycles. The minimum absolute atomic E-state index is 0.0635. The van der Waals surface area contributed by atoms with Crippen LogP contribution in [0.5, 0.6) is 0 Å². The van der Waals surface area contributed by atoms with E-state index in [0.717, 1.165) is 25.9 Å². The zero-order chi connectivity index (χ0) is 12.1. The normalized spacial score (nSPS) is 23.8. The number of nitrogens with zero attached hydrogens (tertiary/aromatic N) is 2. The summed E-state index contributed by atoms with van der Waals surface area (Å²) < 4.78 is 0. The lowest BCUT2D eigenvalue weighted by atomic mass is 9.98. The van der Waals surface area contributed by atoms with Crippen molar-refractivity contribution in [1.29, 1.82) is 5.26 Å². The van der Waals surface area contributed by atoms with E-state index in [4.69, 9.17) is 5.26 Å². The molecule has 4 heteroatoms. The zero-order valence-corrected chi connectivity index (χ0v) is 10.4. The van der Waals surface area contributed by atoms with Gasteiger partial charge in [-0.2, -0.15) is 5.26 Å². The molecule has 1 fully saturated rings. The number of likely N-dealkylation sites (tertiary alicyclic amines) is 1. The van der Waals surface area contributed by atoms with Crippen molar-refractivity contribution >= 4 is 5.91 Å². The number of amides is 1. The average Bonchev–Trinajstić information content (AvgIpc) is 2.27. The highest BCUT2D eigenvalue weighted by Gasteiger charge is 2.27. The maximum absolute atomic E-state index is 11.8. The summed E-state index contributed by atoms with van der Waals surface area (Å²) >= 11 is 0. The highest BCUT2D eigenvalue weighted by Crippen LogP contribution is 2.17. The Labute approximate surface area is 97.6 Å². The largest absolute Gasteiger partial charge is 0.353 e. The number of carbonyl (C=O) groups is 1. The first kappa shape index (κ1) is 13.0. The fraction of sp³-hybridized carbons (Fsp3) is 0.833. The number of hydrogen-bond acceptors (Lipinski definition) is 3. The van der Waals surface area contributed by atoms with Crippen LogP contribution in [0.1, 0.15) is 33.6 Å². The maximum atomic E-state index is 11.8. The fourth-order valence-electron chi connectivity index (χ4n) is 2.03. The van der Waals surface area contributed by atoms with Gasteiger partial charge in [0.15, 0.2) is 0 Å². The van der Waals surface area contributed by atoms with Crippen LogP contribution in [0.4, 0.5) is 0 Å². The molecule has 0 spiro atoms. The number of rotatable bonds is 3. The van der Waals surface area contributed by atoms with Crippen molar-refractivity contribution in [1.82, 2.24) is 10.2 Å². The Hall–Kier alpha value is -1.08. The molecule has 1 N–H and O–H groups in total. The Morgan fingerprint density at radius 1 is 1.50 bits per heavy atom. The number of hydrogen-bond donors (Lipinski definition) is 1. The van der Waals surface area contributed by atoms with Gasteiger partial charge in [-0.05, 0) is 40.2 Å². The van der Waals surface area contributed by atoms with E-state index in [1.165, 1.54) is 0 Å². The SMILES string of the molecule is CC(C)NC(=O)C(C)N1CCCC(C#N)C1. The molecule has 2 unspecified atom stereocenters. The van der Waals surface area contributed by atoms with E-state index in [-0.39, 0.29) is 23.9 Å². The van der Waals surface area contributed by atoms with Gasteiger partial charge >= 0.3 is 0 Å². The van der Waals surface area contributed by atoms with Gasteiger partial charge < -0.3 is 5.32 Å². The number of nitriles is 1. The maximum Gasteiger partial charge on any atom is 0.237 e. The van der Waals surface area contributed by atoms with Crippen LogP contribution in [0.15, 0.2) is 0 Å². The van der Waals surface area contributed by atoms with E-state index in [9.17, 15) is 4.79 Å². The van der Waals surface area contributed by atoms with Gasteiger partial charge in [-0.25, -0.2) is 0 Å². The van der Waals surface area contributed by atoms with Gasteiger partial charge in [-0.3, -0.25) is 9.69 Å². The molecule has 0 aromatic heterocycles. The van der Waals surface area contributed by atoms with Crippen LogP contribution in [0.25, 0.3) is 0 Å². The van der Waals surface area contributed by atoms with Crippen LogP contribution in [-0.2, 0) is 4.79 Å². The van der Waals surface area contributed by atoms with Crippen molar-refractivity contribution < 1.29 is 4.79 Å². The topological polar surface area (TPSA) is 56.1 Å². The molecule has 0 saturated carbocycles. The molecule has 0 aromatic rings. The van der Waals surface area contributed by atoms with Crippen molar-refractivity contribution in [2.75, 3.05) is 13.1 Å². The lowest BCUT2D eigenvalue weighted by Crippen LogP contribution is -2.50. The molecular weight excluding hydrogens is 202 g/mol. The smallest absolute Gasteiger partial charge is 0.237 e. The van der Waals surface area contributed by atoms with Crippen LogP contribution in [0, 0.1) is 17.2 Å². The van der Waals surface area contributed by atoms with Gasteiger partial charge in [0.2, 0.25) is 5.91 Å². The average molecular weight is 223 g/mol. The van der Waals surface area contributed by atoms with Crippen molar-refractivity contribution in [3.05, 3.63) is 0 Å². The second kappa shape index (κ2) is 5.86. The van der Waals surface area contributed by atoms with E-state index < -0.39 is 0 Å². The van der Waals surface area contributed by atoms with E-state index in [1.807, 2.05) is 20.8 Å². The summed E-state index contributed by atoms with van der Waals surface area (Å²) in [5.41, 5.74) is 0. The molecule has 0 radical (unpaired) electrons. The molecule has 1 rings (SSSR count). The summed E-state index contributed by atoms with van der Waals surface area (Å²) in [6, 6.07) is 2.34. The van der Waals surface area contributed by atoms with Gasteiger partial charge in [0.1, 0.15) is 0 Å². The minimum Gasteiger partial charge on any atom is -0.353 e. The lowest BCUT2D eigenvalue weighted by Gasteiger charge is -2.33. The Morgan fingerprint density at radius 3 is 2.75 bits per heavy atom. The van der Waals surface area contributed by atoms with Crippen molar-refractivity contribution in [2.45, 2.75) is 45.7 Å². The first-order valence-corrected chi connectivity index (χ1v) is 5.98. The molecule has 0 aromatic carbocycles. The summed E-state index contributed by atoms with van der Waals surface area (Å²) in [5, 5.41) is 11.8. The third kappa shape index (κ3) is 3.49. The fourth-order valence-corrected chi connectivity index (χ4v) is 2.03. The van der Waals surface area contributed by atoms with Crippen molar-refractivity contribution in [2.24, 2.45) is 5.92 Å². The van der Waals surface area contributed by atoms with Crippen molar-refractivity contribution in [3.8, 4) is 6.07 Å². The minimum atomic E-state index is -0.126. The molecule has 16 heavy (non-hydrogen) atoms. The predicted octanol–water partition coefficient (Wildman–Crippen LogP) is 1.14. The van der Waals surface area contributed by atoms with E-state index in [0.29, 0.717) is 0 Å². The number of carbonyl (C=O) groups excluding carboxylic acids is 1. The quantitative estimate of drug-likeness (QED) is 0.780. The first-order chi connectivity index (χ1) is 7.54. The highest BCUT2D eigenvalue weighted by molar-refractivity contribution is 5.81. The molecule has 1 aliphatic rings. The summed E-state index contributed by atoms with van der Waals surface area (Å²) in [6.45, 7) is 7.48. The Morgan fingerprint density at radius 2 is 2.19 bits per heavy atom. The molecule has 1 amide bonds. The zero-order valence-electron chi connectivity index (χ0n) is 10.4. The third-order valence-electron chi connectivity index (χ3n) is 2.99. The van der Waals surface area contributed by atoms with Gasteiger partial charge in [0.05, 0.1) is 18.0 Å². The molecule has 2 atom stereocenters. The molecule has 1 heterocycles. The van der Waals surface area contributed by atoms with E-state index >= 15 is 0 Å². The summed E-state index contributed by atoms with van der Waals surface area (Å²) in [7, 11) is 0. The Bertz CT molecular complexity index is 282. The monoisotopic (exact) mass is 223 g/mol. The molecular formula is C12H21N3O. The van der Waals surface area contributed by atoms with E-state index in [1.54, 1.807) is 0 Å². The lowest BCUT2D eigenvalue weighted by molar-refractivity contribution is -0.126. The Kier molecular flexibility index (Phi) is 4.75. The van der Waals surface area contributed by atoms with Crippen molar-refractivity contribution in [3.63, 3.8) is 0 Å². The molecule has 0 aliphatic carbocycles. The summed E-state index contributed by atoms with van der Waals surface area (Å²) in [6.07, 6.45) is 1.98. The predicted molar refractivity (Wildman–Crippen MR) is 62.7 cm³/mol. The third-order valence-corrected chi connectivity index (χ3v) is 2.99. The second-order valence-corrected chi connectivity index (χ2v) is 4.80. The van der Waals surface area contributed by atoms with Gasteiger partial charge in [0, 0.05) is 12.6 Å². The molecule has 0 bridgehead atoms. The number of nitrogens with one attached hydrogen (secondary N) is 1. The summed E-state index contributed by atoms with van der Waals surface area (Å²) in [4.78, 5) is 13.9. The standard InChI is InChI=1S/C12H21N3O/c1-9(2)14-12(16)10(3)15-6-4-5-11(7-13)8-15/h9-11H,4-6,8H2,1-3H3,(H,14,16). The van der Waals surface area contributed by atoms with Crippen LogP contribution >= 0.6 is 0 Å². The second-order valence-electron chi connectivity index (χ2n) is 4.80.